The lowest BCUT2D eigenvalue weighted by molar-refractivity contribution is 0.953. The lowest BCUT2D eigenvalue weighted by Gasteiger charge is -2.18. The second kappa shape index (κ2) is 7.93. The highest BCUT2D eigenvalue weighted by Crippen LogP contribution is 2.40. The molecule has 0 saturated carbocycles. The summed E-state index contributed by atoms with van der Waals surface area (Å²) in [7, 11) is 0. The molecule has 0 atom stereocenters. The highest BCUT2D eigenvalue weighted by atomic mass is 16.1. The summed E-state index contributed by atoms with van der Waals surface area (Å²) in [6.45, 7) is 0. The number of hydrogen-bond donors (Lipinski definition) is 0. The molecule has 3 nitrogen and oxygen atoms in total. The minimum atomic E-state index is -0.271. The van der Waals surface area contributed by atoms with Crippen molar-refractivity contribution in [3.63, 3.8) is 0 Å². The summed E-state index contributed by atoms with van der Waals surface area (Å²) in [6, 6.07) is 31.8. The van der Waals surface area contributed by atoms with Crippen LogP contribution < -0.4 is 5.56 Å². The molecule has 0 saturated heterocycles. The summed E-state index contributed by atoms with van der Waals surface area (Å²) < 4.78 is 1.72. The van der Waals surface area contributed by atoms with Gasteiger partial charge < -0.3 is 0 Å². The van der Waals surface area contributed by atoms with Crippen LogP contribution in [0.5, 0.6) is 0 Å². The second-order valence-corrected chi connectivity index (χ2v) is 7.61. The van der Waals surface area contributed by atoms with Gasteiger partial charge in [0.15, 0.2) is 0 Å². The van der Waals surface area contributed by atoms with E-state index in [-0.39, 0.29) is 11.1 Å². The van der Waals surface area contributed by atoms with Gasteiger partial charge in [0.1, 0.15) is 11.6 Å². The average Bonchev–Trinajstić information content (AvgIpc) is 3.23. The first-order valence-corrected chi connectivity index (χ1v) is 10.4. The van der Waals surface area contributed by atoms with Gasteiger partial charge in [0.2, 0.25) is 0 Å². The smallest absolute Gasteiger partial charge is 0.274 e. The highest BCUT2D eigenvalue weighted by Gasteiger charge is 2.29. The van der Waals surface area contributed by atoms with Gasteiger partial charge in [-0.2, -0.15) is 5.26 Å². The largest absolute Gasteiger partial charge is 0.276 e. The summed E-state index contributed by atoms with van der Waals surface area (Å²) >= 11 is 0. The van der Waals surface area contributed by atoms with Crippen molar-refractivity contribution in [2.75, 3.05) is 0 Å². The first-order chi connectivity index (χ1) is 15.3. The van der Waals surface area contributed by atoms with E-state index in [0.717, 1.165) is 52.0 Å². The molecule has 0 N–H and O–H groups in total. The molecule has 1 aromatic heterocycles. The Morgan fingerprint density at radius 1 is 0.806 bits per heavy atom. The second-order valence-electron chi connectivity index (χ2n) is 7.61. The Balaban J connectivity index is 1.88. The average molecular weight is 400 g/mol. The molecule has 1 aliphatic carbocycles. The van der Waals surface area contributed by atoms with E-state index in [1.54, 1.807) is 4.57 Å². The zero-order valence-electron chi connectivity index (χ0n) is 17.0. The summed E-state index contributed by atoms with van der Waals surface area (Å²) in [5, 5.41) is 9.99. The number of rotatable bonds is 3. The Bertz CT molecular complexity index is 1380. The minimum Gasteiger partial charge on any atom is -0.276 e. The fourth-order valence-electron chi connectivity index (χ4n) is 4.42. The van der Waals surface area contributed by atoms with Crippen LogP contribution in [0.4, 0.5) is 0 Å². The van der Waals surface area contributed by atoms with Crippen molar-refractivity contribution in [1.29, 1.82) is 5.26 Å². The van der Waals surface area contributed by atoms with Crippen molar-refractivity contribution < 1.29 is 0 Å². The molecule has 31 heavy (non-hydrogen) atoms. The highest BCUT2D eigenvalue weighted by molar-refractivity contribution is 5.89. The van der Waals surface area contributed by atoms with E-state index in [1.165, 1.54) is 0 Å². The fourth-order valence-corrected chi connectivity index (χ4v) is 4.42. The topological polar surface area (TPSA) is 45.8 Å². The Kier molecular flexibility index (Phi) is 4.82. The first-order valence-electron chi connectivity index (χ1n) is 10.4. The Labute approximate surface area is 181 Å². The van der Waals surface area contributed by atoms with Crippen LogP contribution in [-0.2, 0) is 6.42 Å². The van der Waals surface area contributed by atoms with E-state index in [9.17, 15) is 10.1 Å². The number of allylic oxidation sites excluding steroid dienone is 1. The van der Waals surface area contributed by atoms with E-state index in [2.05, 4.69) is 24.3 Å². The molecular formula is C28H20N2O. The number of aromatic nitrogens is 1. The first kappa shape index (κ1) is 18.8. The van der Waals surface area contributed by atoms with E-state index < -0.39 is 0 Å². The number of benzene rings is 3. The molecule has 0 radical (unpaired) electrons. The van der Waals surface area contributed by atoms with E-state index in [0.29, 0.717) is 0 Å². The van der Waals surface area contributed by atoms with Crippen LogP contribution in [-0.4, -0.2) is 4.57 Å². The van der Waals surface area contributed by atoms with Crippen molar-refractivity contribution in [3.05, 3.63) is 124 Å². The Morgan fingerprint density at radius 3 is 2.06 bits per heavy atom. The molecule has 1 heterocycles. The monoisotopic (exact) mass is 400 g/mol. The van der Waals surface area contributed by atoms with Crippen LogP contribution in [0.15, 0.2) is 95.8 Å². The van der Waals surface area contributed by atoms with Crippen LogP contribution in [0.1, 0.15) is 28.8 Å². The van der Waals surface area contributed by atoms with Gasteiger partial charge >= 0.3 is 0 Å². The van der Waals surface area contributed by atoms with Crippen molar-refractivity contribution in [2.24, 2.45) is 0 Å². The van der Waals surface area contributed by atoms with Gasteiger partial charge in [-0.05, 0) is 53.3 Å². The molecule has 0 spiro atoms. The normalized spacial score (nSPS) is 13.7. The van der Waals surface area contributed by atoms with E-state index in [4.69, 9.17) is 0 Å². The summed E-state index contributed by atoms with van der Waals surface area (Å²) in [4.78, 5) is 13.7. The predicted octanol–water partition coefficient (Wildman–Crippen LogP) is 5.86. The van der Waals surface area contributed by atoms with Gasteiger partial charge in [-0.25, -0.2) is 0 Å². The van der Waals surface area contributed by atoms with Crippen molar-refractivity contribution in [2.45, 2.75) is 12.8 Å². The molecule has 3 aromatic carbocycles. The van der Waals surface area contributed by atoms with Gasteiger partial charge in [-0.15, -0.1) is 0 Å². The zero-order chi connectivity index (χ0) is 21.2. The molecule has 4 aromatic rings. The number of para-hydroxylation sites is 1. The number of fused-ring (bicyclic) bond motifs is 1. The maximum atomic E-state index is 13.7. The van der Waals surface area contributed by atoms with Crippen LogP contribution in [0.3, 0.4) is 0 Å². The van der Waals surface area contributed by atoms with Crippen molar-refractivity contribution in [1.82, 2.24) is 4.57 Å². The third kappa shape index (κ3) is 3.29. The van der Waals surface area contributed by atoms with E-state index >= 15 is 0 Å². The molecule has 0 bridgehead atoms. The SMILES string of the molecule is N#Cc1c(-c2ccccc2)c2c(n(-c3ccccc3)c1=O)/C(=C\c1ccccc1)CC2. The zero-order valence-corrected chi connectivity index (χ0v) is 17.0. The molecule has 148 valence electrons. The van der Waals surface area contributed by atoms with Crippen molar-refractivity contribution in [3.8, 4) is 22.9 Å². The third-order valence-electron chi connectivity index (χ3n) is 5.76. The summed E-state index contributed by atoms with van der Waals surface area (Å²) in [6.07, 6.45) is 3.77. The third-order valence-corrected chi connectivity index (χ3v) is 5.76. The summed E-state index contributed by atoms with van der Waals surface area (Å²) in [5.74, 6) is 0. The van der Waals surface area contributed by atoms with Crippen LogP contribution in [0.2, 0.25) is 0 Å². The Morgan fingerprint density at radius 2 is 1.42 bits per heavy atom. The van der Waals surface area contributed by atoms with Crippen LogP contribution in [0.25, 0.3) is 28.5 Å². The van der Waals surface area contributed by atoms with Gasteiger partial charge in [-0.1, -0.05) is 78.9 Å². The van der Waals surface area contributed by atoms with Crippen LogP contribution >= 0.6 is 0 Å². The lowest BCUT2D eigenvalue weighted by Crippen LogP contribution is -2.25. The molecule has 3 heteroatoms. The number of hydrogen-bond acceptors (Lipinski definition) is 2. The van der Waals surface area contributed by atoms with Gasteiger partial charge in [0.25, 0.3) is 5.56 Å². The maximum Gasteiger partial charge on any atom is 0.274 e. The molecule has 0 unspecified atom stereocenters. The lowest BCUT2D eigenvalue weighted by atomic mass is 9.94. The van der Waals surface area contributed by atoms with Crippen LogP contribution in [0, 0.1) is 11.3 Å². The molecular weight excluding hydrogens is 380 g/mol. The predicted molar refractivity (Wildman–Crippen MR) is 125 cm³/mol. The number of nitriles is 1. The van der Waals surface area contributed by atoms with Gasteiger partial charge in [0.05, 0.1) is 5.69 Å². The molecule has 5 rings (SSSR count). The van der Waals surface area contributed by atoms with Gasteiger partial charge in [0, 0.05) is 11.3 Å². The van der Waals surface area contributed by atoms with E-state index in [1.807, 2.05) is 78.9 Å². The molecule has 0 amide bonds. The molecule has 1 aliphatic rings. The number of nitrogens with zero attached hydrogens (tertiary/aromatic N) is 2. The number of pyridine rings is 1. The molecule has 0 aliphatic heterocycles. The standard InChI is InChI=1S/C28H20N2O/c29-19-25-26(21-12-6-2-7-13-21)24-17-16-22(18-20-10-4-1-5-11-20)27(24)30(28(25)31)23-14-8-3-9-15-23/h1-15,18H,16-17H2/b22-18-. The summed E-state index contributed by atoms with van der Waals surface area (Å²) in [5.41, 5.74) is 6.58. The fraction of sp³-hybridized carbons (Fsp3) is 0.0714. The van der Waals surface area contributed by atoms with Crippen molar-refractivity contribution >= 4 is 11.6 Å². The minimum absolute atomic E-state index is 0.203. The van der Waals surface area contributed by atoms with Gasteiger partial charge in [-0.3, -0.25) is 9.36 Å². The maximum absolute atomic E-state index is 13.7. The molecule has 0 fully saturated rings. The quantitative estimate of drug-likeness (QED) is 0.432. The Hall–Kier alpha value is -4.16.